The van der Waals surface area contributed by atoms with Crippen molar-refractivity contribution in [1.29, 1.82) is 0 Å². The summed E-state index contributed by atoms with van der Waals surface area (Å²) in [5.41, 5.74) is 2.05. The Bertz CT molecular complexity index is 231. The van der Waals surface area contributed by atoms with Gasteiger partial charge in [0.2, 0.25) is 0 Å². The minimum Gasteiger partial charge on any atom is -0.0840 e. The van der Waals surface area contributed by atoms with E-state index < -0.39 is 0 Å². The molecule has 0 unspecified atom stereocenters. The first kappa shape index (κ1) is 16.2. The van der Waals surface area contributed by atoms with E-state index >= 15 is 0 Å². The monoisotopic (exact) mass is 234 g/mol. The van der Waals surface area contributed by atoms with Crippen LogP contribution in [0.3, 0.4) is 0 Å². The van der Waals surface area contributed by atoms with Gasteiger partial charge in [0, 0.05) is 10.0 Å². The Balaban J connectivity index is 0. The van der Waals surface area contributed by atoms with Crippen LogP contribution in [0.2, 0.25) is 10.0 Å². The summed E-state index contributed by atoms with van der Waals surface area (Å²) in [7, 11) is 0. The molecule has 0 aliphatic carbocycles. The molecule has 0 spiro atoms. The molecule has 0 N–H and O–H groups in total. The molecular formula is C12H20Cl2. The molecule has 0 amide bonds. The van der Waals surface area contributed by atoms with Crippen LogP contribution in [0.15, 0.2) is 12.1 Å². The van der Waals surface area contributed by atoms with Crippen molar-refractivity contribution in [3.63, 3.8) is 0 Å². The molecule has 0 heterocycles. The molecule has 14 heavy (non-hydrogen) atoms. The Hall–Kier alpha value is -0.200. The highest BCUT2D eigenvalue weighted by Gasteiger charge is 1.99. The average Bonchev–Trinajstić information content (AvgIpc) is 2.20. The first-order valence-electron chi connectivity index (χ1n) is 5.03. The lowest BCUT2D eigenvalue weighted by atomic mass is 10.2. The second kappa shape index (κ2) is 9.36. The topological polar surface area (TPSA) is 0 Å². The van der Waals surface area contributed by atoms with Crippen LogP contribution in [0.4, 0.5) is 0 Å². The van der Waals surface area contributed by atoms with Crippen LogP contribution in [-0.4, -0.2) is 0 Å². The van der Waals surface area contributed by atoms with E-state index in [9.17, 15) is 0 Å². The van der Waals surface area contributed by atoms with Gasteiger partial charge in [0.05, 0.1) is 0 Å². The van der Waals surface area contributed by atoms with Crippen molar-refractivity contribution in [3.8, 4) is 0 Å². The van der Waals surface area contributed by atoms with Crippen LogP contribution in [0.5, 0.6) is 0 Å². The molecule has 82 valence electrons. The van der Waals surface area contributed by atoms with Gasteiger partial charge >= 0.3 is 0 Å². The van der Waals surface area contributed by atoms with Crippen molar-refractivity contribution >= 4 is 23.2 Å². The number of hydrogen-bond donors (Lipinski definition) is 0. The van der Waals surface area contributed by atoms with Gasteiger partial charge in [0.15, 0.2) is 0 Å². The van der Waals surface area contributed by atoms with Gasteiger partial charge in [-0.3, -0.25) is 0 Å². The maximum absolute atomic E-state index is 5.83. The second-order valence-electron chi connectivity index (χ2n) is 2.35. The lowest BCUT2D eigenvalue weighted by molar-refractivity contribution is 1.40. The molecule has 2 heteroatoms. The molecule has 0 nitrogen and oxygen atoms in total. The normalized spacial score (nSPS) is 8.00. The molecule has 0 saturated carbocycles. The summed E-state index contributed by atoms with van der Waals surface area (Å²) in [5.74, 6) is 0. The molecule has 0 saturated heterocycles. The summed E-state index contributed by atoms with van der Waals surface area (Å²) in [6.07, 6.45) is 0. The number of rotatable bonds is 0. The third kappa shape index (κ3) is 5.51. The molecule has 1 rings (SSSR count). The lowest BCUT2D eigenvalue weighted by Gasteiger charge is -2.01. The van der Waals surface area contributed by atoms with E-state index in [1.807, 2.05) is 53.7 Å². The quantitative estimate of drug-likeness (QED) is 0.544. The molecule has 1 aromatic carbocycles. The van der Waals surface area contributed by atoms with E-state index in [1.165, 1.54) is 0 Å². The fourth-order valence-electron chi connectivity index (χ4n) is 0.772. The molecule has 0 atom stereocenters. The van der Waals surface area contributed by atoms with Crippen molar-refractivity contribution in [2.75, 3.05) is 0 Å². The average molecular weight is 235 g/mol. The van der Waals surface area contributed by atoms with Crippen LogP contribution in [0.1, 0.15) is 38.8 Å². The first-order valence-corrected chi connectivity index (χ1v) is 5.79. The van der Waals surface area contributed by atoms with E-state index in [1.54, 1.807) is 0 Å². The van der Waals surface area contributed by atoms with Crippen molar-refractivity contribution in [1.82, 2.24) is 0 Å². The molecule has 1 aromatic rings. The van der Waals surface area contributed by atoms with E-state index in [0.717, 1.165) is 21.2 Å². The number of halogens is 2. The minimum atomic E-state index is 0.741. The van der Waals surface area contributed by atoms with Gasteiger partial charge in [0.1, 0.15) is 0 Å². The zero-order valence-electron chi connectivity index (χ0n) is 9.91. The largest absolute Gasteiger partial charge is 0.0840 e. The highest BCUT2D eigenvalue weighted by Crippen LogP contribution is 2.24. The Morgan fingerprint density at radius 1 is 0.786 bits per heavy atom. The summed E-state index contributed by atoms with van der Waals surface area (Å²) in [6, 6.07) is 3.81. The second-order valence-corrected chi connectivity index (χ2v) is 3.17. The van der Waals surface area contributed by atoms with Crippen LogP contribution in [-0.2, 0) is 0 Å². The lowest BCUT2D eigenvalue weighted by Crippen LogP contribution is -1.79. The Morgan fingerprint density at radius 3 is 1.36 bits per heavy atom. The minimum absolute atomic E-state index is 0.741. The summed E-state index contributed by atoms with van der Waals surface area (Å²) < 4.78 is 0. The number of hydrogen-bond acceptors (Lipinski definition) is 0. The summed E-state index contributed by atoms with van der Waals surface area (Å²) in [5, 5.41) is 1.48. The number of aryl methyl sites for hydroxylation is 1. The van der Waals surface area contributed by atoms with Crippen LogP contribution in [0, 0.1) is 13.8 Å². The fourth-order valence-corrected chi connectivity index (χ4v) is 1.37. The molecule has 0 aromatic heterocycles. The molecular weight excluding hydrogens is 215 g/mol. The summed E-state index contributed by atoms with van der Waals surface area (Å²) >= 11 is 11.7. The van der Waals surface area contributed by atoms with Crippen LogP contribution < -0.4 is 0 Å². The zero-order chi connectivity index (χ0) is 11.7. The fraction of sp³-hybridized carbons (Fsp3) is 0.500. The Morgan fingerprint density at radius 2 is 1.07 bits per heavy atom. The van der Waals surface area contributed by atoms with Gasteiger partial charge in [-0.25, -0.2) is 0 Å². The van der Waals surface area contributed by atoms with Gasteiger partial charge < -0.3 is 0 Å². The zero-order valence-corrected chi connectivity index (χ0v) is 11.4. The van der Waals surface area contributed by atoms with Gasteiger partial charge in [-0.05, 0) is 37.1 Å². The maximum Gasteiger partial charge on any atom is 0.0452 e. The highest BCUT2D eigenvalue weighted by molar-refractivity contribution is 6.36. The van der Waals surface area contributed by atoms with E-state index in [4.69, 9.17) is 23.2 Å². The number of benzene rings is 1. The predicted molar refractivity (Wildman–Crippen MR) is 68.6 cm³/mol. The van der Waals surface area contributed by atoms with Crippen molar-refractivity contribution < 1.29 is 0 Å². The molecule has 0 aliphatic heterocycles. The van der Waals surface area contributed by atoms with Crippen molar-refractivity contribution in [2.24, 2.45) is 0 Å². The molecule has 0 radical (unpaired) electrons. The summed E-state index contributed by atoms with van der Waals surface area (Å²) in [4.78, 5) is 0. The van der Waals surface area contributed by atoms with Crippen LogP contribution >= 0.6 is 23.2 Å². The molecule has 0 fully saturated rings. The molecule has 0 aliphatic rings. The van der Waals surface area contributed by atoms with Crippen molar-refractivity contribution in [2.45, 2.75) is 41.5 Å². The van der Waals surface area contributed by atoms with Crippen LogP contribution in [0.25, 0.3) is 0 Å². The smallest absolute Gasteiger partial charge is 0.0452 e. The first-order chi connectivity index (χ1) is 6.61. The van der Waals surface area contributed by atoms with Gasteiger partial charge in [-0.15, -0.1) is 0 Å². The highest BCUT2D eigenvalue weighted by atomic mass is 35.5. The van der Waals surface area contributed by atoms with Crippen molar-refractivity contribution in [3.05, 3.63) is 33.3 Å². The van der Waals surface area contributed by atoms with Gasteiger partial charge in [0.25, 0.3) is 0 Å². The summed E-state index contributed by atoms with van der Waals surface area (Å²) in [6.45, 7) is 11.9. The Labute approximate surface area is 98.2 Å². The third-order valence-corrected chi connectivity index (χ3v) is 2.21. The third-order valence-electron chi connectivity index (χ3n) is 1.43. The maximum atomic E-state index is 5.83. The van der Waals surface area contributed by atoms with E-state index in [2.05, 4.69) is 0 Å². The standard InChI is InChI=1S/C8H8Cl2.2C2H6/c1-5-3-7(9)6(2)8(10)4-5;2*1-2/h3-4H,1-2H3;2*1-2H3. The predicted octanol–water partition coefficient (Wildman–Crippen LogP) is 5.66. The Kier molecular flexibility index (Phi) is 10.9. The van der Waals surface area contributed by atoms with Gasteiger partial charge in [-0.2, -0.15) is 0 Å². The van der Waals surface area contributed by atoms with E-state index in [0.29, 0.717) is 0 Å². The van der Waals surface area contributed by atoms with Gasteiger partial charge in [-0.1, -0.05) is 50.9 Å². The van der Waals surface area contributed by atoms with E-state index in [-0.39, 0.29) is 0 Å². The SMILES string of the molecule is CC.CC.Cc1cc(Cl)c(C)c(Cl)c1. The molecule has 0 bridgehead atoms.